The van der Waals surface area contributed by atoms with Crippen LogP contribution in [0.15, 0.2) is 76.5 Å². The van der Waals surface area contributed by atoms with E-state index in [0.29, 0.717) is 5.02 Å². The van der Waals surface area contributed by atoms with Gasteiger partial charge in [0.25, 0.3) is 15.9 Å². The Labute approximate surface area is 206 Å². The van der Waals surface area contributed by atoms with E-state index in [4.69, 9.17) is 23.8 Å². The van der Waals surface area contributed by atoms with E-state index in [1.807, 2.05) is 0 Å². The van der Waals surface area contributed by atoms with Crippen LogP contribution in [0.4, 0.5) is 11.4 Å². The number of aromatic hydroxyl groups is 1. The average molecular weight is 540 g/mol. The largest absolute Gasteiger partial charge is 0.506 e. The molecule has 0 unspecified atom stereocenters. The Bertz CT molecular complexity index is 1470. The van der Waals surface area contributed by atoms with E-state index < -0.39 is 25.8 Å². The van der Waals surface area contributed by atoms with E-state index in [0.717, 1.165) is 18.4 Å². The third kappa shape index (κ3) is 6.44. The number of thiocarbonyl (C=S) groups is 1. The van der Waals surface area contributed by atoms with E-state index in [1.165, 1.54) is 54.6 Å². The third-order valence-corrected chi connectivity index (χ3v) is 7.32. The van der Waals surface area contributed by atoms with Gasteiger partial charge in [0.2, 0.25) is 0 Å². The minimum atomic E-state index is -4.02. The summed E-state index contributed by atoms with van der Waals surface area (Å²) in [6, 6.07) is 14.9. The van der Waals surface area contributed by atoms with Gasteiger partial charge in [-0.15, -0.1) is 0 Å². The van der Waals surface area contributed by atoms with Crippen LogP contribution in [-0.4, -0.2) is 39.2 Å². The van der Waals surface area contributed by atoms with Crippen molar-refractivity contribution >= 4 is 66.1 Å². The molecule has 0 atom stereocenters. The monoisotopic (exact) mass is 539 g/mol. The number of carbonyl (C=O) groups is 1. The molecule has 0 aliphatic carbocycles. The summed E-state index contributed by atoms with van der Waals surface area (Å²) in [6.07, 6.45) is 1.02. The second-order valence-electron chi connectivity index (χ2n) is 7.00. The Kier molecular flexibility index (Phi) is 7.46. The van der Waals surface area contributed by atoms with Gasteiger partial charge in [-0.2, -0.15) is 0 Å². The Balaban J connectivity index is 1.75. The van der Waals surface area contributed by atoms with Crippen molar-refractivity contribution in [1.82, 2.24) is 5.32 Å². The van der Waals surface area contributed by atoms with Crippen molar-refractivity contribution in [3.05, 3.63) is 77.3 Å². The molecule has 0 saturated heterocycles. The van der Waals surface area contributed by atoms with Crippen molar-refractivity contribution in [3.63, 3.8) is 0 Å². The summed E-state index contributed by atoms with van der Waals surface area (Å²) >= 11 is 10.9. The number of phenolic OH excluding ortho intramolecular Hbond substituents is 1. The minimum Gasteiger partial charge on any atom is -0.506 e. The summed E-state index contributed by atoms with van der Waals surface area (Å²) < 4.78 is 51.2. The highest BCUT2D eigenvalue weighted by molar-refractivity contribution is 7.92. The molecule has 0 aliphatic rings. The number of hydrogen-bond acceptors (Lipinski definition) is 7. The molecule has 3 rings (SSSR count). The lowest BCUT2D eigenvalue weighted by Crippen LogP contribution is -2.34. The van der Waals surface area contributed by atoms with Crippen LogP contribution in [0.3, 0.4) is 0 Å². The molecule has 0 bridgehead atoms. The molecular formula is C21H18ClN3O6S3. The maximum atomic E-state index is 12.7. The van der Waals surface area contributed by atoms with Crippen molar-refractivity contribution in [1.29, 1.82) is 0 Å². The van der Waals surface area contributed by atoms with E-state index >= 15 is 0 Å². The molecular weight excluding hydrogens is 522 g/mol. The first-order valence-electron chi connectivity index (χ1n) is 9.39. The van der Waals surface area contributed by atoms with Gasteiger partial charge in [-0.05, 0) is 72.9 Å². The van der Waals surface area contributed by atoms with Gasteiger partial charge in [0.1, 0.15) is 5.75 Å². The van der Waals surface area contributed by atoms with E-state index in [-0.39, 0.29) is 37.6 Å². The van der Waals surface area contributed by atoms with Gasteiger partial charge in [0.05, 0.1) is 15.5 Å². The molecule has 9 nitrogen and oxygen atoms in total. The summed E-state index contributed by atoms with van der Waals surface area (Å²) in [5.41, 5.74) is 0.250. The molecule has 34 heavy (non-hydrogen) atoms. The maximum absolute atomic E-state index is 12.7. The quantitative estimate of drug-likeness (QED) is 0.276. The normalized spacial score (nSPS) is 11.5. The molecule has 178 valence electrons. The molecule has 1 amide bonds. The van der Waals surface area contributed by atoms with Gasteiger partial charge in [-0.25, -0.2) is 16.8 Å². The fourth-order valence-electron chi connectivity index (χ4n) is 2.71. The number of amides is 1. The molecule has 4 N–H and O–H groups in total. The molecule has 0 heterocycles. The third-order valence-electron chi connectivity index (χ3n) is 4.37. The van der Waals surface area contributed by atoms with Gasteiger partial charge >= 0.3 is 0 Å². The van der Waals surface area contributed by atoms with Crippen LogP contribution < -0.4 is 15.4 Å². The number of sulfone groups is 1. The maximum Gasteiger partial charge on any atom is 0.261 e. The first kappa shape index (κ1) is 25.4. The summed E-state index contributed by atoms with van der Waals surface area (Å²) in [7, 11) is -7.53. The molecule has 0 fully saturated rings. The number of benzene rings is 3. The van der Waals surface area contributed by atoms with Crippen molar-refractivity contribution in [3.8, 4) is 5.75 Å². The lowest BCUT2D eigenvalue weighted by atomic mass is 10.2. The van der Waals surface area contributed by atoms with Crippen molar-refractivity contribution in [2.24, 2.45) is 0 Å². The topological polar surface area (TPSA) is 142 Å². The molecule has 3 aromatic carbocycles. The van der Waals surface area contributed by atoms with Gasteiger partial charge in [-0.3, -0.25) is 14.8 Å². The first-order valence-corrected chi connectivity index (χ1v) is 13.5. The highest BCUT2D eigenvalue weighted by Gasteiger charge is 2.18. The zero-order valence-electron chi connectivity index (χ0n) is 17.4. The van der Waals surface area contributed by atoms with Crippen LogP contribution in [-0.2, 0) is 19.9 Å². The predicted octanol–water partition coefficient (Wildman–Crippen LogP) is 3.38. The van der Waals surface area contributed by atoms with Crippen LogP contribution in [0.2, 0.25) is 5.02 Å². The van der Waals surface area contributed by atoms with E-state index in [9.17, 15) is 26.7 Å². The summed E-state index contributed by atoms with van der Waals surface area (Å²) in [5, 5.41) is 15.2. The molecule has 0 saturated carbocycles. The lowest BCUT2D eigenvalue weighted by Gasteiger charge is -2.13. The number of hydrogen-bond donors (Lipinski definition) is 4. The van der Waals surface area contributed by atoms with Gasteiger partial charge in [0.15, 0.2) is 14.9 Å². The zero-order chi connectivity index (χ0) is 25.1. The van der Waals surface area contributed by atoms with Crippen molar-refractivity contribution < 1.29 is 26.7 Å². The molecule has 0 aromatic heterocycles. The smallest absolute Gasteiger partial charge is 0.261 e. The Morgan fingerprint density at radius 2 is 1.62 bits per heavy atom. The van der Waals surface area contributed by atoms with Gasteiger partial charge in [-0.1, -0.05) is 17.7 Å². The van der Waals surface area contributed by atoms with E-state index in [1.54, 1.807) is 0 Å². The Morgan fingerprint density at radius 1 is 0.941 bits per heavy atom. The Morgan fingerprint density at radius 3 is 2.26 bits per heavy atom. The first-order chi connectivity index (χ1) is 15.8. The fourth-order valence-corrected chi connectivity index (χ4v) is 4.79. The Hall–Kier alpha value is -3.19. The number of sulfonamides is 1. The number of halogens is 1. The van der Waals surface area contributed by atoms with Crippen LogP contribution in [0.5, 0.6) is 5.75 Å². The van der Waals surface area contributed by atoms with Gasteiger partial charge in [0, 0.05) is 22.5 Å². The predicted molar refractivity (Wildman–Crippen MR) is 134 cm³/mol. The molecule has 0 spiro atoms. The fraction of sp³-hybridized carbons (Fsp3) is 0.0476. The van der Waals surface area contributed by atoms with Crippen LogP contribution in [0.1, 0.15) is 10.4 Å². The summed E-state index contributed by atoms with van der Waals surface area (Å²) in [4.78, 5) is 12.2. The molecule has 3 aromatic rings. The highest BCUT2D eigenvalue weighted by atomic mass is 35.5. The van der Waals surface area contributed by atoms with E-state index in [2.05, 4.69) is 15.4 Å². The van der Waals surface area contributed by atoms with Crippen molar-refractivity contribution in [2.75, 3.05) is 16.3 Å². The second kappa shape index (κ2) is 9.97. The highest BCUT2D eigenvalue weighted by Crippen LogP contribution is 2.28. The number of phenols is 1. The zero-order valence-corrected chi connectivity index (χ0v) is 20.6. The number of nitrogens with one attached hydrogen (secondary N) is 3. The van der Waals surface area contributed by atoms with Gasteiger partial charge < -0.3 is 10.4 Å². The lowest BCUT2D eigenvalue weighted by molar-refractivity contribution is 0.0977. The average Bonchev–Trinajstić information content (AvgIpc) is 2.76. The van der Waals surface area contributed by atoms with Crippen LogP contribution in [0.25, 0.3) is 0 Å². The second-order valence-corrected chi connectivity index (χ2v) is 11.5. The number of carbonyl (C=O) groups excluding carboxylic acids is 1. The molecule has 0 radical (unpaired) electrons. The molecule has 0 aliphatic heterocycles. The van der Waals surface area contributed by atoms with Crippen LogP contribution >= 0.6 is 23.8 Å². The minimum absolute atomic E-state index is 0.0391. The van der Waals surface area contributed by atoms with Crippen LogP contribution in [0, 0.1) is 0 Å². The van der Waals surface area contributed by atoms with Crippen molar-refractivity contribution in [2.45, 2.75) is 9.79 Å². The summed E-state index contributed by atoms with van der Waals surface area (Å²) in [5.74, 6) is -1.02. The molecule has 13 heteroatoms. The number of anilines is 2. The number of rotatable bonds is 6. The SMILES string of the molecule is CS(=O)(=O)c1cccc(C(=O)NC(=S)Nc2cc(S(=O)(=O)Nc3ccc(Cl)cc3)ccc2O)c1. The summed E-state index contributed by atoms with van der Waals surface area (Å²) in [6.45, 7) is 0. The standard InChI is InChI=1S/C21H18ClN3O6S3/c1-33(28,29)16-4-2-3-13(11-16)20(27)24-21(32)23-18-12-17(9-10-19(18)26)34(30,31)25-15-7-5-14(22)6-8-15/h2-12,25-26H,1H3,(H2,23,24,27,32).